The molecule has 1 aliphatic heterocycles. The lowest BCUT2D eigenvalue weighted by Crippen LogP contribution is -2.33. The van der Waals surface area contributed by atoms with E-state index in [1.54, 1.807) is 18.2 Å². The molecule has 6 nitrogen and oxygen atoms in total. The Balaban J connectivity index is 1.59. The van der Waals surface area contributed by atoms with Gasteiger partial charge < -0.3 is 14.6 Å². The monoisotopic (exact) mass is 491 g/mol. The van der Waals surface area contributed by atoms with Crippen LogP contribution in [0.15, 0.2) is 83.8 Å². The van der Waals surface area contributed by atoms with Crippen LogP contribution in [-0.2, 0) is 22.8 Å². The third-order valence-electron chi connectivity index (χ3n) is 4.92. The number of carbonyl (C=O) groups is 2. The third-order valence-corrected chi connectivity index (χ3v) is 6.30. The Labute approximate surface area is 206 Å². The highest BCUT2D eigenvalue weighted by molar-refractivity contribution is 8.26. The second-order valence-electron chi connectivity index (χ2n) is 7.41. The van der Waals surface area contributed by atoms with E-state index in [4.69, 9.17) is 26.8 Å². The Bertz CT molecular complexity index is 1230. The first kappa shape index (κ1) is 23.5. The van der Waals surface area contributed by atoms with Crippen molar-refractivity contribution in [1.82, 2.24) is 4.90 Å². The van der Waals surface area contributed by atoms with Gasteiger partial charge in [-0.15, -0.1) is 0 Å². The van der Waals surface area contributed by atoms with Gasteiger partial charge in [0.15, 0.2) is 0 Å². The number of thiocarbonyl (C=S) groups is 1. The molecule has 0 aliphatic carbocycles. The van der Waals surface area contributed by atoms with Crippen molar-refractivity contribution in [1.29, 1.82) is 0 Å². The molecule has 1 heterocycles. The number of benzene rings is 3. The molecule has 0 bridgehead atoms. The Kier molecular flexibility index (Phi) is 7.61. The third kappa shape index (κ3) is 6.03. The van der Waals surface area contributed by atoms with E-state index < -0.39 is 18.4 Å². The van der Waals surface area contributed by atoms with Gasteiger partial charge in [-0.05, 0) is 35.4 Å². The van der Waals surface area contributed by atoms with E-state index >= 15 is 0 Å². The maximum atomic E-state index is 12.8. The number of ether oxygens (including phenoxy) is 2. The molecule has 0 saturated carbocycles. The zero-order chi connectivity index (χ0) is 23.9. The molecular weight excluding hydrogens is 470 g/mol. The van der Waals surface area contributed by atoms with Crippen LogP contribution in [0, 0.1) is 0 Å². The molecule has 0 atom stereocenters. The molecule has 3 aromatic carbocycles. The maximum absolute atomic E-state index is 12.8. The Morgan fingerprint density at radius 1 is 0.941 bits per heavy atom. The van der Waals surface area contributed by atoms with Crippen molar-refractivity contribution >= 4 is 46.3 Å². The number of carboxylic acids is 1. The van der Waals surface area contributed by atoms with Crippen LogP contribution < -0.4 is 9.47 Å². The maximum Gasteiger partial charge on any atom is 0.323 e. The molecule has 34 heavy (non-hydrogen) atoms. The van der Waals surface area contributed by atoms with Gasteiger partial charge in [0, 0.05) is 5.56 Å². The van der Waals surface area contributed by atoms with Gasteiger partial charge in [0.2, 0.25) is 0 Å². The summed E-state index contributed by atoms with van der Waals surface area (Å²) in [5.41, 5.74) is 2.67. The Hall–Kier alpha value is -3.62. The molecule has 1 fully saturated rings. The van der Waals surface area contributed by atoms with Gasteiger partial charge >= 0.3 is 5.97 Å². The summed E-state index contributed by atoms with van der Waals surface area (Å²) in [5.74, 6) is -0.384. The van der Waals surface area contributed by atoms with E-state index in [1.807, 2.05) is 66.7 Å². The van der Waals surface area contributed by atoms with E-state index in [0.29, 0.717) is 35.2 Å². The van der Waals surface area contributed by atoms with Gasteiger partial charge in [-0.3, -0.25) is 14.5 Å². The molecule has 172 valence electrons. The number of amides is 1. The summed E-state index contributed by atoms with van der Waals surface area (Å²) in [6.07, 6.45) is 1.66. The summed E-state index contributed by atoms with van der Waals surface area (Å²) in [7, 11) is 0. The number of carboxylic acid groups (broad SMARTS) is 1. The Morgan fingerprint density at radius 2 is 1.56 bits per heavy atom. The molecular formula is C26H21NO5S2. The minimum atomic E-state index is -1.12. The highest BCUT2D eigenvalue weighted by Crippen LogP contribution is 2.35. The van der Waals surface area contributed by atoms with Crippen molar-refractivity contribution in [3.63, 3.8) is 0 Å². The van der Waals surface area contributed by atoms with Gasteiger partial charge in [0.1, 0.15) is 35.6 Å². The molecule has 1 aliphatic rings. The van der Waals surface area contributed by atoms with Crippen LogP contribution in [-0.4, -0.2) is 32.7 Å². The average molecular weight is 492 g/mol. The number of aliphatic carboxylic acids is 1. The number of rotatable bonds is 9. The number of hydrogen-bond donors (Lipinski definition) is 1. The lowest BCUT2D eigenvalue weighted by atomic mass is 10.1. The lowest BCUT2D eigenvalue weighted by molar-refractivity contribution is -0.140. The molecule has 1 saturated heterocycles. The average Bonchev–Trinajstić information content (AvgIpc) is 3.10. The van der Waals surface area contributed by atoms with Crippen LogP contribution in [0.5, 0.6) is 11.5 Å². The predicted molar refractivity (Wildman–Crippen MR) is 136 cm³/mol. The van der Waals surface area contributed by atoms with Gasteiger partial charge in [-0.1, -0.05) is 84.6 Å². The molecule has 1 N–H and O–H groups in total. The SMILES string of the molecule is O=C(O)CN1C(=O)/C(=C/c2cc(OCc3ccccc3)ccc2OCc2ccccc2)SC1=S. The fraction of sp³-hybridized carbons (Fsp3) is 0.115. The van der Waals surface area contributed by atoms with Crippen LogP contribution >= 0.6 is 24.0 Å². The summed E-state index contributed by atoms with van der Waals surface area (Å²) in [5, 5.41) is 9.08. The zero-order valence-corrected chi connectivity index (χ0v) is 19.7. The molecule has 0 unspecified atom stereocenters. The highest BCUT2D eigenvalue weighted by atomic mass is 32.2. The van der Waals surface area contributed by atoms with Crippen molar-refractivity contribution < 1.29 is 24.2 Å². The topological polar surface area (TPSA) is 76.1 Å². The first-order valence-corrected chi connectivity index (χ1v) is 11.7. The summed E-state index contributed by atoms with van der Waals surface area (Å²) in [6, 6.07) is 25.0. The summed E-state index contributed by atoms with van der Waals surface area (Å²) < 4.78 is 12.2. The summed E-state index contributed by atoms with van der Waals surface area (Å²) in [4.78, 5) is 25.3. The molecule has 1 amide bonds. The standard InChI is InChI=1S/C26H21NO5S2/c28-24(29)15-27-25(30)23(34-26(27)33)14-20-13-21(31-16-18-7-3-1-4-8-18)11-12-22(20)32-17-19-9-5-2-6-10-19/h1-14H,15-17H2,(H,28,29)/b23-14-. The van der Waals surface area contributed by atoms with Crippen molar-refractivity contribution in [2.45, 2.75) is 13.2 Å². The van der Waals surface area contributed by atoms with Gasteiger partial charge in [-0.2, -0.15) is 0 Å². The van der Waals surface area contributed by atoms with E-state index in [-0.39, 0.29) is 4.32 Å². The van der Waals surface area contributed by atoms with Crippen LogP contribution in [0.4, 0.5) is 0 Å². The quantitative estimate of drug-likeness (QED) is 0.328. The van der Waals surface area contributed by atoms with Crippen LogP contribution in [0.25, 0.3) is 6.08 Å². The lowest BCUT2D eigenvalue weighted by Gasteiger charge is -2.13. The molecule has 3 aromatic rings. The number of carbonyl (C=O) groups excluding carboxylic acids is 1. The zero-order valence-electron chi connectivity index (χ0n) is 18.0. The fourth-order valence-electron chi connectivity index (χ4n) is 3.25. The molecule has 0 aromatic heterocycles. The Morgan fingerprint density at radius 3 is 2.18 bits per heavy atom. The second-order valence-corrected chi connectivity index (χ2v) is 9.09. The van der Waals surface area contributed by atoms with E-state index in [1.165, 1.54) is 0 Å². The molecule has 8 heteroatoms. The van der Waals surface area contributed by atoms with Crippen molar-refractivity contribution in [3.8, 4) is 11.5 Å². The molecule has 0 radical (unpaired) electrons. The summed E-state index contributed by atoms with van der Waals surface area (Å²) in [6.45, 7) is 0.275. The number of hydrogen-bond acceptors (Lipinski definition) is 6. The number of nitrogens with zero attached hydrogens (tertiary/aromatic N) is 1. The summed E-state index contributed by atoms with van der Waals surface area (Å²) >= 11 is 6.27. The first-order valence-electron chi connectivity index (χ1n) is 10.4. The van der Waals surface area contributed by atoms with Crippen molar-refractivity contribution in [3.05, 3.63) is 100 Å². The highest BCUT2D eigenvalue weighted by Gasteiger charge is 2.33. The van der Waals surface area contributed by atoms with Crippen LogP contribution in [0.3, 0.4) is 0 Å². The minimum Gasteiger partial charge on any atom is -0.489 e. The normalized spacial score (nSPS) is 14.5. The van der Waals surface area contributed by atoms with Crippen molar-refractivity contribution in [2.24, 2.45) is 0 Å². The van der Waals surface area contributed by atoms with Gasteiger partial charge in [0.05, 0.1) is 4.91 Å². The van der Waals surface area contributed by atoms with E-state index in [2.05, 4.69) is 0 Å². The largest absolute Gasteiger partial charge is 0.489 e. The predicted octanol–water partition coefficient (Wildman–Crippen LogP) is 5.13. The fourth-order valence-corrected chi connectivity index (χ4v) is 4.50. The second kappa shape index (κ2) is 11.0. The van der Waals surface area contributed by atoms with Crippen molar-refractivity contribution in [2.75, 3.05) is 6.54 Å². The number of thioether (sulfide) groups is 1. The van der Waals surface area contributed by atoms with Gasteiger partial charge in [-0.25, -0.2) is 0 Å². The molecule has 0 spiro atoms. The van der Waals surface area contributed by atoms with Crippen LogP contribution in [0.1, 0.15) is 16.7 Å². The van der Waals surface area contributed by atoms with E-state index in [0.717, 1.165) is 27.8 Å². The molecule has 4 rings (SSSR count). The smallest absolute Gasteiger partial charge is 0.323 e. The first-order chi connectivity index (χ1) is 16.5. The van der Waals surface area contributed by atoms with E-state index in [9.17, 15) is 9.59 Å². The van der Waals surface area contributed by atoms with Gasteiger partial charge in [0.25, 0.3) is 5.91 Å². The minimum absolute atomic E-state index is 0.210. The van der Waals surface area contributed by atoms with Crippen LogP contribution in [0.2, 0.25) is 0 Å².